The average Bonchev–Trinajstić information content (AvgIpc) is 2.47. The van der Waals surface area contributed by atoms with E-state index in [2.05, 4.69) is 86.4 Å². The van der Waals surface area contributed by atoms with Crippen molar-refractivity contribution in [2.45, 2.75) is 13.5 Å². The molecule has 0 bridgehead atoms. The molecule has 1 aliphatic heterocycles. The summed E-state index contributed by atoms with van der Waals surface area (Å²) in [6.07, 6.45) is 0. The van der Waals surface area contributed by atoms with Gasteiger partial charge in [0.15, 0.2) is 0 Å². The lowest BCUT2D eigenvalue weighted by Gasteiger charge is -2.31. The van der Waals surface area contributed by atoms with E-state index in [0.717, 1.165) is 6.54 Å². The van der Waals surface area contributed by atoms with Crippen molar-refractivity contribution in [1.29, 1.82) is 0 Å². The van der Waals surface area contributed by atoms with Gasteiger partial charge in [0, 0.05) is 50.2 Å². The molecule has 2 heteroatoms. The van der Waals surface area contributed by atoms with E-state index in [0.29, 0.717) is 0 Å². The van der Waals surface area contributed by atoms with Gasteiger partial charge in [-0.05, 0) is 24.1 Å². The highest BCUT2D eigenvalue weighted by Crippen LogP contribution is 2.37. The van der Waals surface area contributed by atoms with Crippen LogP contribution in [-0.4, -0.2) is 26.0 Å². The zero-order valence-corrected chi connectivity index (χ0v) is 13.2. The lowest BCUT2D eigenvalue weighted by Crippen LogP contribution is -2.23. The van der Waals surface area contributed by atoms with Crippen LogP contribution in [0.2, 0.25) is 0 Å². The summed E-state index contributed by atoms with van der Waals surface area (Å²) >= 11 is 0. The minimum Gasteiger partial charge on any atom is -0.377 e. The van der Waals surface area contributed by atoms with E-state index in [1.54, 1.807) is 0 Å². The van der Waals surface area contributed by atoms with E-state index in [1.165, 1.54) is 33.6 Å². The highest BCUT2D eigenvalue weighted by molar-refractivity contribution is 5.94. The van der Waals surface area contributed by atoms with Gasteiger partial charge in [-0.2, -0.15) is 0 Å². The van der Waals surface area contributed by atoms with Crippen molar-refractivity contribution in [2.24, 2.45) is 0 Å². The maximum atomic E-state index is 2.34. The number of fused-ring (bicyclic) bond motifs is 2. The van der Waals surface area contributed by atoms with Crippen molar-refractivity contribution in [3.05, 3.63) is 65.2 Å². The van der Waals surface area contributed by atoms with E-state index in [-0.39, 0.29) is 0 Å². The number of nitrogens with zero attached hydrogens (tertiary/aromatic N) is 2. The van der Waals surface area contributed by atoms with Crippen molar-refractivity contribution < 1.29 is 0 Å². The first-order valence-corrected chi connectivity index (χ1v) is 7.36. The Morgan fingerprint density at radius 2 is 1.52 bits per heavy atom. The SMILES string of the molecule is C/C1=C(\N(C)C)c2ccccc2CN(C)c2ccccc21. The summed E-state index contributed by atoms with van der Waals surface area (Å²) in [5.41, 5.74) is 7.96. The van der Waals surface area contributed by atoms with Gasteiger partial charge in [0.1, 0.15) is 0 Å². The summed E-state index contributed by atoms with van der Waals surface area (Å²) in [5.74, 6) is 0. The zero-order chi connectivity index (χ0) is 15.0. The summed E-state index contributed by atoms with van der Waals surface area (Å²) in [7, 11) is 6.43. The first-order valence-electron chi connectivity index (χ1n) is 7.36. The average molecular weight is 278 g/mol. The first-order chi connectivity index (χ1) is 10.1. The van der Waals surface area contributed by atoms with Crippen LogP contribution in [0.25, 0.3) is 11.3 Å². The van der Waals surface area contributed by atoms with Crippen LogP contribution < -0.4 is 4.90 Å². The first kappa shape index (κ1) is 13.7. The predicted molar refractivity (Wildman–Crippen MR) is 91.2 cm³/mol. The van der Waals surface area contributed by atoms with Crippen LogP contribution in [-0.2, 0) is 6.54 Å². The topological polar surface area (TPSA) is 6.48 Å². The summed E-state index contributed by atoms with van der Waals surface area (Å²) in [5, 5.41) is 0. The standard InChI is InChI=1S/C19H22N2/c1-14-16-10-7-8-12-18(16)21(4)13-15-9-5-6-11-17(15)19(14)20(2)3/h5-12H,13H2,1-4H3/b19-14+. The molecule has 2 aromatic carbocycles. The molecule has 0 aliphatic carbocycles. The molecule has 0 spiro atoms. The van der Waals surface area contributed by atoms with Gasteiger partial charge in [-0.3, -0.25) is 0 Å². The molecule has 21 heavy (non-hydrogen) atoms. The minimum atomic E-state index is 0.928. The van der Waals surface area contributed by atoms with Crippen LogP contribution in [0.5, 0.6) is 0 Å². The lowest BCUT2D eigenvalue weighted by molar-refractivity contribution is 0.591. The Hall–Kier alpha value is -2.22. The molecule has 1 aliphatic rings. The Morgan fingerprint density at radius 1 is 0.905 bits per heavy atom. The number of hydrogen-bond acceptors (Lipinski definition) is 2. The summed E-state index contributed by atoms with van der Waals surface area (Å²) < 4.78 is 0. The molecule has 0 amide bonds. The van der Waals surface area contributed by atoms with Crippen LogP contribution >= 0.6 is 0 Å². The third kappa shape index (κ3) is 2.31. The fourth-order valence-corrected chi connectivity index (χ4v) is 3.26. The second-order valence-corrected chi connectivity index (χ2v) is 5.90. The third-order valence-corrected chi connectivity index (χ3v) is 4.20. The van der Waals surface area contributed by atoms with Crippen molar-refractivity contribution in [3.63, 3.8) is 0 Å². The Bertz CT molecular complexity index is 698. The second-order valence-electron chi connectivity index (χ2n) is 5.90. The molecule has 3 rings (SSSR count). The van der Waals surface area contributed by atoms with Crippen LogP contribution in [0.4, 0.5) is 5.69 Å². The normalized spacial score (nSPS) is 17.6. The number of allylic oxidation sites excluding steroid dienone is 1. The van der Waals surface area contributed by atoms with Gasteiger partial charge in [-0.15, -0.1) is 0 Å². The molecule has 0 saturated heterocycles. The number of hydrogen-bond donors (Lipinski definition) is 0. The number of para-hydroxylation sites is 1. The predicted octanol–water partition coefficient (Wildman–Crippen LogP) is 4.09. The zero-order valence-electron chi connectivity index (χ0n) is 13.2. The highest BCUT2D eigenvalue weighted by atomic mass is 15.1. The van der Waals surface area contributed by atoms with E-state index >= 15 is 0 Å². The van der Waals surface area contributed by atoms with Crippen LogP contribution in [0, 0.1) is 0 Å². The van der Waals surface area contributed by atoms with Gasteiger partial charge in [-0.25, -0.2) is 0 Å². The smallest absolute Gasteiger partial charge is 0.0474 e. The molecule has 0 unspecified atom stereocenters. The van der Waals surface area contributed by atoms with Crippen LogP contribution in [0.1, 0.15) is 23.6 Å². The number of benzene rings is 2. The molecule has 0 radical (unpaired) electrons. The van der Waals surface area contributed by atoms with E-state index in [4.69, 9.17) is 0 Å². The molecule has 2 aromatic rings. The maximum absolute atomic E-state index is 2.34. The number of rotatable bonds is 1. The van der Waals surface area contributed by atoms with Crippen LogP contribution in [0.15, 0.2) is 48.5 Å². The molecule has 0 atom stereocenters. The highest BCUT2D eigenvalue weighted by Gasteiger charge is 2.20. The molecular formula is C19H22N2. The molecule has 2 nitrogen and oxygen atoms in total. The fraction of sp³-hybridized carbons (Fsp3) is 0.263. The molecule has 1 heterocycles. The molecule has 0 fully saturated rings. The van der Waals surface area contributed by atoms with Crippen molar-refractivity contribution in [2.75, 3.05) is 26.0 Å². The van der Waals surface area contributed by atoms with Gasteiger partial charge >= 0.3 is 0 Å². The number of anilines is 1. The molecule has 0 aromatic heterocycles. The summed E-state index contributed by atoms with van der Waals surface area (Å²) in [6.45, 7) is 3.15. The van der Waals surface area contributed by atoms with Crippen molar-refractivity contribution >= 4 is 17.0 Å². The molecule has 0 N–H and O–H groups in total. The van der Waals surface area contributed by atoms with Gasteiger partial charge in [0.05, 0.1) is 0 Å². The monoisotopic (exact) mass is 278 g/mol. The van der Waals surface area contributed by atoms with E-state index in [9.17, 15) is 0 Å². The molecular weight excluding hydrogens is 256 g/mol. The Labute approximate surface area is 127 Å². The Balaban J connectivity index is 2.35. The van der Waals surface area contributed by atoms with Gasteiger partial charge in [0.2, 0.25) is 0 Å². The van der Waals surface area contributed by atoms with Gasteiger partial charge in [0.25, 0.3) is 0 Å². The maximum Gasteiger partial charge on any atom is 0.0474 e. The lowest BCUT2D eigenvalue weighted by atomic mass is 9.93. The Morgan fingerprint density at radius 3 is 2.24 bits per heavy atom. The van der Waals surface area contributed by atoms with Gasteiger partial charge in [-0.1, -0.05) is 42.5 Å². The summed E-state index contributed by atoms with van der Waals surface area (Å²) in [6, 6.07) is 17.4. The van der Waals surface area contributed by atoms with Gasteiger partial charge < -0.3 is 9.80 Å². The molecule has 108 valence electrons. The van der Waals surface area contributed by atoms with Crippen LogP contribution in [0.3, 0.4) is 0 Å². The quantitative estimate of drug-likeness (QED) is 0.775. The van der Waals surface area contributed by atoms with E-state index < -0.39 is 0 Å². The van der Waals surface area contributed by atoms with E-state index in [1.807, 2.05) is 0 Å². The summed E-state index contributed by atoms with van der Waals surface area (Å²) in [4.78, 5) is 4.57. The van der Waals surface area contributed by atoms with Crippen molar-refractivity contribution in [1.82, 2.24) is 4.90 Å². The fourth-order valence-electron chi connectivity index (χ4n) is 3.26. The third-order valence-electron chi connectivity index (χ3n) is 4.20. The minimum absolute atomic E-state index is 0.928. The Kier molecular flexibility index (Phi) is 3.46. The largest absolute Gasteiger partial charge is 0.377 e. The van der Waals surface area contributed by atoms with Crippen molar-refractivity contribution in [3.8, 4) is 0 Å². The second kappa shape index (κ2) is 5.28. The molecule has 0 saturated carbocycles.